The van der Waals surface area contributed by atoms with E-state index in [4.69, 9.17) is 0 Å². The van der Waals surface area contributed by atoms with Gasteiger partial charge < -0.3 is 5.73 Å². The molecule has 0 saturated heterocycles. The lowest BCUT2D eigenvalue weighted by Gasteiger charge is -2.09. The van der Waals surface area contributed by atoms with Crippen LogP contribution >= 0.6 is 0 Å². The quantitative estimate of drug-likeness (QED) is 0.760. The van der Waals surface area contributed by atoms with E-state index in [-0.39, 0.29) is 0 Å². The normalized spacial score (nSPS) is 11.8. The van der Waals surface area contributed by atoms with E-state index in [0.717, 1.165) is 36.6 Å². The minimum absolute atomic E-state index is 0.354. The summed E-state index contributed by atoms with van der Waals surface area (Å²) in [4.78, 5) is 0.354. The molecule has 4 N–H and O–H groups in total. The molecule has 0 aliphatic rings. The van der Waals surface area contributed by atoms with Crippen LogP contribution in [0.25, 0.3) is 10.8 Å². The first-order chi connectivity index (χ1) is 9.65. The van der Waals surface area contributed by atoms with E-state index >= 15 is 0 Å². The summed E-state index contributed by atoms with van der Waals surface area (Å²) in [7, 11) is -3.44. The Morgan fingerprint density at radius 3 is 2.50 bits per heavy atom. The molecular formula is C15H21N2O2S+. The van der Waals surface area contributed by atoms with Gasteiger partial charge in [0.25, 0.3) is 0 Å². The maximum absolute atomic E-state index is 12.4. The summed E-state index contributed by atoms with van der Waals surface area (Å²) < 4.78 is 27.4. The number of unbranched alkanes of at least 4 members (excludes halogenated alkanes) is 2. The summed E-state index contributed by atoms with van der Waals surface area (Å²) in [5.74, 6) is 0. The number of sulfonamides is 1. The summed E-state index contributed by atoms with van der Waals surface area (Å²) >= 11 is 0. The molecule has 2 rings (SSSR count). The van der Waals surface area contributed by atoms with Gasteiger partial charge in [0.05, 0.1) is 11.4 Å². The summed E-state index contributed by atoms with van der Waals surface area (Å²) in [6.45, 7) is 1.38. The smallest absolute Gasteiger partial charge is 0.241 e. The van der Waals surface area contributed by atoms with Gasteiger partial charge in [-0.2, -0.15) is 0 Å². The van der Waals surface area contributed by atoms with Gasteiger partial charge in [-0.3, -0.25) is 0 Å². The Kier molecular flexibility index (Phi) is 5.11. The van der Waals surface area contributed by atoms with E-state index in [1.54, 1.807) is 12.1 Å². The van der Waals surface area contributed by atoms with Crippen LogP contribution in [0.4, 0.5) is 0 Å². The van der Waals surface area contributed by atoms with Gasteiger partial charge in [0.1, 0.15) is 0 Å². The van der Waals surface area contributed by atoms with E-state index in [0.29, 0.717) is 11.4 Å². The fourth-order valence-electron chi connectivity index (χ4n) is 2.19. The van der Waals surface area contributed by atoms with Crippen molar-refractivity contribution in [1.29, 1.82) is 0 Å². The molecule has 0 aliphatic heterocycles. The SMILES string of the molecule is [NH3+]CCCCCNS(=O)(=O)c1cccc2ccccc12. The molecule has 2 aromatic carbocycles. The van der Waals surface area contributed by atoms with E-state index in [1.165, 1.54) is 0 Å². The maximum atomic E-state index is 12.4. The molecule has 0 atom stereocenters. The first-order valence-corrected chi connectivity index (χ1v) is 8.40. The summed E-state index contributed by atoms with van der Waals surface area (Å²) in [5.41, 5.74) is 3.78. The maximum Gasteiger partial charge on any atom is 0.241 e. The first-order valence-electron chi connectivity index (χ1n) is 6.92. The molecule has 2 aromatic rings. The number of nitrogens with one attached hydrogen (secondary N) is 1. The van der Waals surface area contributed by atoms with Crippen LogP contribution in [0.15, 0.2) is 47.4 Å². The monoisotopic (exact) mass is 293 g/mol. The molecular weight excluding hydrogens is 272 g/mol. The van der Waals surface area contributed by atoms with Gasteiger partial charge in [-0.1, -0.05) is 36.4 Å². The zero-order valence-electron chi connectivity index (χ0n) is 11.5. The van der Waals surface area contributed by atoms with Gasteiger partial charge in [0, 0.05) is 11.9 Å². The van der Waals surface area contributed by atoms with Gasteiger partial charge >= 0.3 is 0 Å². The second-order valence-corrected chi connectivity index (χ2v) is 6.52. The number of rotatable bonds is 7. The Morgan fingerprint density at radius 1 is 0.950 bits per heavy atom. The number of fused-ring (bicyclic) bond motifs is 1. The fraction of sp³-hybridized carbons (Fsp3) is 0.333. The highest BCUT2D eigenvalue weighted by Gasteiger charge is 2.15. The van der Waals surface area contributed by atoms with Crippen molar-refractivity contribution < 1.29 is 14.2 Å². The average Bonchev–Trinajstić information content (AvgIpc) is 2.46. The lowest BCUT2D eigenvalue weighted by atomic mass is 10.1. The lowest BCUT2D eigenvalue weighted by Crippen LogP contribution is -2.50. The standard InChI is InChI=1S/C15H20N2O2S/c16-11-4-1-5-12-17-20(18,19)15-10-6-8-13-7-2-3-9-14(13)15/h2-3,6-10,17H,1,4-5,11-12,16H2/p+1. The molecule has 0 aliphatic carbocycles. The van der Waals surface area contributed by atoms with Gasteiger partial charge in [-0.15, -0.1) is 0 Å². The first kappa shape index (κ1) is 15.0. The highest BCUT2D eigenvalue weighted by Crippen LogP contribution is 2.22. The molecule has 4 nitrogen and oxygen atoms in total. The van der Waals surface area contributed by atoms with Crippen LogP contribution in [0.5, 0.6) is 0 Å². The Balaban J connectivity index is 2.15. The second-order valence-electron chi connectivity index (χ2n) is 4.79. The van der Waals surface area contributed by atoms with Gasteiger partial charge in [-0.25, -0.2) is 13.1 Å². The third-order valence-corrected chi connectivity index (χ3v) is 4.78. The predicted molar refractivity (Wildman–Crippen MR) is 80.7 cm³/mol. The molecule has 0 spiro atoms. The summed E-state index contributed by atoms with van der Waals surface area (Å²) in [6, 6.07) is 12.9. The Labute approximate surface area is 120 Å². The Morgan fingerprint density at radius 2 is 1.70 bits per heavy atom. The van der Waals surface area contributed by atoms with E-state index in [2.05, 4.69) is 10.5 Å². The molecule has 0 unspecified atom stereocenters. The molecule has 0 bridgehead atoms. The third-order valence-electron chi connectivity index (χ3n) is 3.26. The summed E-state index contributed by atoms with van der Waals surface area (Å²) in [5, 5.41) is 1.70. The Bertz CT molecular complexity index is 663. The highest BCUT2D eigenvalue weighted by atomic mass is 32.2. The van der Waals surface area contributed by atoms with E-state index in [9.17, 15) is 8.42 Å². The third kappa shape index (κ3) is 3.56. The van der Waals surface area contributed by atoms with E-state index in [1.807, 2.05) is 30.3 Å². The van der Waals surface area contributed by atoms with Crippen molar-refractivity contribution in [2.24, 2.45) is 0 Å². The average molecular weight is 293 g/mol. The molecule has 20 heavy (non-hydrogen) atoms. The fourth-order valence-corrected chi connectivity index (χ4v) is 3.49. The van der Waals surface area contributed by atoms with Crippen LogP contribution in [0.1, 0.15) is 19.3 Å². The molecule has 0 aromatic heterocycles. The number of quaternary nitrogens is 1. The van der Waals surface area contributed by atoms with Crippen LogP contribution in [0, 0.1) is 0 Å². The van der Waals surface area contributed by atoms with Crippen molar-refractivity contribution in [2.45, 2.75) is 24.2 Å². The topological polar surface area (TPSA) is 73.8 Å². The number of benzene rings is 2. The van der Waals surface area contributed by atoms with Crippen molar-refractivity contribution in [2.75, 3.05) is 13.1 Å². The second kappa shape index (κ2) is 6.83. The summed E-state index contributed by atoms with van der Waals surface area (Å²) in [6.07, 6.45) is 2.89. The van der Waals surface area contributed by atoms with Crippen molar-refractivity contribution >= 4 is 20.8 Å². The minimum Gasteiger partial charge on any atom is -0.358 e. The minimum atomic E-state index is -3.44. The van der Waals surface area contributed by atoms with E-state index < -0.39 is 10.0 Å². The van der Waals surface area contributed by atoms with Crippen LogP contribution in [-0.2, 0) is 10.0 Å². The molecule has 0 radical (unpaired) electrons. The van der Waals surface area contributed by atoms with Crippen molar-refractivity contribution in [1.82, 2.24) is 4.72 Å². The van der Waals surface area contributed by atoms with Crippen molar-refractivity contribution in [3.05, 3.63) is 42.5 Å². The van der Waals surface area contributed by atoms with Crippen LogP contribution in [0.3, 0.4) is 0 Å². The predicted octanol–water partition coefficient (Wildman–Crippen LogP) is 1.53. The molecule has 0 heterocycles. The highest BCUT2D eigenvalue weighted by molar-refractivity contribution is 7.89. The van der Waals surface area contributed by atoms with Crippen LogP contribution in [0.2, 0.25) is 0 Å². The lowest BCUT2D eigenvalue weighted by molar-refractivity contribution is -0.368. The molecule has 0 fully saturated rings. The van der Waals surface area contributed by atoms with Crippen molar-refractivity contribution in [3.8, 4) is 0 Å². The molecule has 108 valence electrons. The molecule has 0 amide bonds. The molecule has 0 saturated carbocycles. The van der Waals surface area contributed by atoms with Crippen LogP contribution in [-0.4, -0.2) is 21.5 Å². The van der Waals surface area contributed by atoms with Gasteiger partial charge in [-0.05, 0) is 30.7 Å². The zero-order valence-corrected chi connectivity index (χ0v) is 12.3. The zero-order chi connectivity index (χ0) is 14.4. The number of hydrogen-bond donors (Lipinski definition) is 2. The van der Waals surface area contributed by atoms with Crippen molar-refractivity contribution in [3.63, 3.8) is 0 Å². The Hall–Kier alpha value is -1.43. The van der Waals surface area contributed by atoms with Gasteiger partial charge in [0.15, 0.2) is 0 Å². The number of hydrogen-bond acceptors (Lipinski definition) is 2. The largest absolute Gasteiger partial charge is 0.358 e. The van der Waals surface area contributed by atoms with Crippen LogP contribution < -0.4 is 10.5 Å². The molecule has 5 heteroatoms. The van der Waals surface area contributed by atoms with Gasteiger partial charge in [0.2, 0.25) is 10.0 Å².